The number of carbonyl (C=O) groups is 2. The Hall–Kier alpha value is -1.15. The average Bonchev–Trinajstić information content (AvgIpc) is 3.12. The molecule has 2 fully saturated rings. The molecule has 25 heavy (non-hydrogen) atoms. The molecule has 136 valence electrons. The van der Waals surface area contributed by atoms with Gasteiger partial charge in [-0.3, -0.25) is 14.5 Å². The van der Waals surface area contributed by atoms with Crippen molar-refractivity contribution in [2.45, 2.75) is 18.9 Å². The van der Waals surface area contributed by atoms with Crippen LogP contribution in [-0.4, -0.2) is 67.0 Å². The Balaban J connectivity index is 1.45. The van der Waals surface area contributed by atoms with E-state index in [1.165, 1.54) is 0 Å². The van der Waals surface area contributed by atoms with Gasteiger partial charge in [0, 0.05) is 37.3 Å². The number of rotatable bonds is 4. The lowest BCUT2D eigenvalue weighted by Crippen LogP contribution is -2.52. The van der Waals surface area contributed by atoms with E-state index >= 15 is 0 Å². The van der Waals surface area contributed by atoms with Gasteiger partial charge in [-0.05, 0) is 31.0 Å². The topological polar surface area (TPSA) is 61.9 Å². The SMILES string of the molecule is O=C(CN1CCN(C(=O)C2CCCO2)CC1)Nc1ccc(Br)cc1Cl. The largest absolute Gasteiger partial charge is 0.368 e. The van der Waals surface area contributed by atoms with Gasteiger partial charge in [-0.1, -0.05) is 27.5 Å². The Morgan fingerprint density at radius 1 is 1.28 bits per heavy atom. The van der Waals surface area contributed by atoms with E-state index in [-0.39, 0.29) is 24.5 Å². The number of nitrogens with one attached hydrogen (secondary N) is 1. The van der Waals surface area contributed by atoms with E-state index in [1.54, 1.807) is 12.1 Å². The van der Waals surface area contributed by atoms with E-state index in [4.69, 9.17) is 16.3 Å². The summed E-state index contributed by atoms with van der Waals surface area (Å²) in [5, 5.41) is 3.32. The van der Waals surface area contributed by atoms with Gasteiger partial charge in [0.1, 0.15) is 6.10 Å². The molecule has 2 saturated heterocycles. The summed E-state index contributed by atoms with van der Waals surface area (Å²) in [6.07, 6.45) is 1.50. The molecule has 2 heterocycles. The van der Waals surface area contributed by atoms with Crippen LogP contribution in [0.5, 0.6) is 0 Å². The summed E-state index contributed by atoms with van der Waals surface area (Å²) in [5.41, 5.74) is 0.599. The number of hydrogen-bond acceptors (Lipinski definition) is 4. The van der Waals surface area contributed by atoms with Crippen molar-refractivity contribution in [2.75, 3.05) is 44.6 Å². The highest BCUT2D eigenvalue weighted by Gasteiger charge is 2.30. The third-order valence-electron chi connectivity index (χ3n) is 4.46. The Morgan fingerprint density at radius 3 is 2.68 bits per heavy atom. The van der Waals surface area contributed by atoms with Gasteiger partial charge >= 0.3 is 0 Å². The maximum absolute atomic E-state index is 12.3. The number of hydrogen-bond donors (Lipinski definition) is 1. The zero-order chi connectivity index (χ0) is 17.8. The molecular weight excluding hydrogens is 410 g/mol. The number of amides is 2. The van der Waals surface area contributed by atoms with Crippen molar-refractivity contribution in [2.24, 2.45) is 0 Å². The molecule has 2 aliphatic rings. The van der Waals surface area contributed by atoms with Crippen LogP contribution >= 0.6 is 27.5 Å². The number of ether oxygens (including phenoxy) is 1. The second kappa shape index (κ2) is 8.49. The third kappa shape index (κ3) is 4.94. The van der Waals surface area contributed by atoms with Crippen molar-refractivity contribution in [1.82, 2.24) is 9.80 Å². The molecule has 0 aromatic heterocycles. The summed E-state index contributed by atoms with van der Waals surface area (Å²) in [6.45, 7) is 3.58. The Bertz CT molecular complexity index is 644. The quantitative estimate of drug-likeness (QED) is 0.797. The molecule has 1 atom stereocenters. The summed E-state index contributed by atoms with van der Waals surface area (Å²) in [4.78, 5) is 28.4. The highest BCUT2D eigenvalue weighted by Crippen LogP contribution is 2.25. The number of piperazine rings is 1. The molecule has 1 aromatic carbocycles. The molecule has 0 spiro atoms. The van der Waals surface area contributed by atoms with Crippen LogP contribution in [0.25, 0.3) is 0 Å². The van der Waals surface area contributed by atoms with E-state index in [0.717, 1.165) is 17.3 Å². The highest BCUT2D eigenvalue weighted by molar-refractivity contribution is 9.10. The fourth-order valence-corrected chi connectivity index (χ4v) is 3.81. The van der Waals surface area contributed by atoms with Gasteiger partial charge in [0.05, 0.1) is 17.3 Å². The van der Waals surface area contributed by atoms with Crippen LogP contribution < -0.4 is 5.32 Å². The Morgan fingerprint density at radius 2 is 2.04 bits per heavy atom. The van der Waals surface area contributed by atoms with Crippen LogP contribution in [0, 0.1) is 0 Å². The lowest BCUT2D eigenvalue weighted by molar-refractivity contribution is -0.142. The van der Waals surface area contributed by atoms with Gasteiger partial charge < -0.3 is 15.0 Å². The average molecular weight is 431 g/mol. The number of carbonyl (C=O) groups excluding carboxylic acids is 2. The molecule has 6 nitrogen and oxygen atoms in total. The van der Waals surface area contributed by atoms with Gasteiger partial charge in [0.15, 0.2) is 0 Å². The standard InChI is InChI=1S/C17H21BrClN3O3/c18-12-3-4-14(13(19)10-12)20-16(23)11-21-5-7-22(8-6-21)17(24)15-2-1-9-25-15/h3-4,10,15H,1-2,5-9,11H2,(H,20,23). The fraction of sp³-hybridized carbons (Fsp3) is 0.529. The van der Waals surface area contributed by atoms with E-state index in [0.29, 0.717) is 43.5 Å². The van der Waals surface area contributed by atoms with Gasteiger partial charge in [-0.15, -0.1) is 0 Å². The van der Waals surface area contributed by atoms with E-state index in [9.17, 15) is 9.59 Å². The monoisotopic (exact) mass is 429 g/mol. The minimum Gasteiger partial charge on any atom is -0.368 e. The van der Waals surface area contributed by atoms with Crippen LogP contribution in [0.1, 0.15) is 12.8 Å². The molecule has 0 saturated carbocycles. The molecular formula is C17H21BrClN3O3. The Labute approximate surface area is 160 Å². The predicted octanol–water partition coefficient (Wildman–Crippen LogP) is 2.36. The number of anilines is 1. The van der Waals surface area contributed by atoms with E-state index in [2.05, 4.69) is 21.2 Å². The summed E-state index contributed by atoms with van der Waals surface area (Å²) >= 11 is 9.46. The molecule has 1 unspecified atom stereocenters. The van der Waals surface area contributed by atoms with Gasteiger partial charge in [0.25, 0.3) is 5.91 Å². The second-order valence-corrected chi connectivity index (χ2v) is 7.60. The number of nitrogens with zero attached hydrogens (tertiary/aromatic N) is 2. The molecule has 0 bridgehead atoms. The van der Waals surface area contributed by atoms with Crippen LogP contribution in [0.15, 0.2) is 22.7 Å². The first-order valence-electron chi connectivity index (χ1n) is 8.40. The third-order valence-corrected chi connectivity index (χ3v) is 5.27. The molecule has 1 aromatic rings. The van der Waals surface area contributed by atoms with Crippen molar-refractivity contribution in [3.8, 4) is 0 Å². The highest BCUT2D eigenvalue weighted by atomic mass is 79.9. The molecule has 2 amide bonds. The maximum Gasteiger partial charge on any atom is 0.251 e. The minimum absolute atomic E-state index is 0.0863. The van der Waals surface area contributed by atoms with Crippen LogP contribution in [0.4, 0.5) is 5.69 Å². The molecule has 8 heteroatoms. The molecule has 2 aliphatic heterocycles. The lowest BCUT2D eigenvalue weighted by Gasteiger charge is -2.35. The van der Waals surface area contributed by atoms with Gasteiger partial charge in [-0.25, -0.2) is 0 Å². The van der Waals surface area contributed by atoms with E-state index in [1.807, 2.05) is 15.9 Å². The lowest BCUT2D eigenvalue weighted by atomic mass is 10.2. The van der Waals surface area contributed by atoms with Crippen LogP contribution in [0.3, 0.4) is 0 Å². The molecule has 3 rings (SSSR count). The first-order chi connectivity index (χ1) is 12.0. The summed E-state index contributed by atoms with van der Waals surface area (Å²) in [7, 11) is 0. The van der Waals surface area contributed by atoms with E-state index < -0.39 is 0 Å². The molecule has 0 radical (unpaired) electrons. The molecule has 1 N–H and O–H groups in total. The number of benzene rings is 1. The van der Waals surface area contributed by atoms with Gasteiger partial charge in [-0.2, -0.15) is 0 Å². The number of halogens is 2. The predicted molar refractivity (Wildman–Crippen MR) is 99.8 cm³/mol. The zero-order valence-corrected chi connectivity index (χ0v) is 16.2. The minimum atomic E-state index is -0.269. The second-order valence-electron chi connectivity index (χ2n) is 6.28. The first-order valence-corrected chi connectivity index (χ1v) is 9.57. The van der Waals surface area contributed by atoms with Crippen molar-refractivity contribution >= 4 is 45.0 Å². The van der Waals surface area contributed by atoms with Crippen molar-refractivity contribution < 1.29 is 14.3 Å². The van der Waals surface area contributed by atoms with Crippen LogP contribution in [0.2, 0.25) is 5.02 Å². The summed E-state index contributed by atoms with van der Waals surface area (Å²) in [6, 6.07) is 5.34. The Kier molecular flexibility index (Phi) is 6.33. The molecule has 0 aliphatic carbocycles. The smallest absolute Gasteiger partial charge is 0.251 e. The van der Waals surface area contributed by atoms with Crippen LogP contribution in [-0.2, 0) is 14.3 Å². The summed E-state index contributed by atoms with van der Waals surface area (Å²) in [5.74, 6) is -0.0219. The normalized spacial score (nSPS) is 21.4. The fourth-order valence-electron chi connectivity index (χ4n) is 3.09. The van der Waals surface area contributed by atoms with Crippen molar-refractivity contribution in [1.29, 1.82) is 0 Å². The summed E-state index contributed by atoms with van der Waals surface area (Å²) < 4.78 is 6.32. The first kappa shape index (κ1) is 18.6. The zero-order valence-electron chi connectivity index (χ0n) is 13.8. The van der Waals surface area contributed by atoms with Crippen molar-refractivity contribution in [3.05, 3.63) is 27.7 Å². The van der Waals surface area contributed by atoms with Gasteiger partial charge in [0.2, 0.25) is 5.91 Å². The van der Waals surface area contributed by atoms with Crippen molar-refractivity contribution in [3.63, 3.8) is 0 Å². The maximum atomic E-state index is 12.3.